The van der Waals surface area contributed by atoms with Crippen LogP contribution in [-0.2, 0) is 0 Å². The second-order valence-electron chi connectivity index (χ2n) is 5.21. The van der Waals surface area contributed by atoms with Crippen LogP contribution in [0.1, 0.15) is 12.6 Å². The van der Waals surface area contributed by atoms with Crippen LogP contribution in [0.4, 0.5) is 0 Å². The van der Waals surface area contributed by atoms with Crippen LogP contribution in [0.5, 0.6) is 23.1 Å². The smallest absolute Gasteiger partial charge is 0.216 e. The Labute approximate surface area is 146 Å². The van der Waals surface area contributed by atoms with Crippen LogP contribution in [-0.4, -0.2) is 28.7 Å². The third-order valence-electron chi connectivity index (χ3n) is 3.38. The van der Waals surface area contributed by atoms with Crippen molar-refractivity contribution in [2.75, 3.05) is 13.7 Å². The van der Waals surface area contributed by atoms with E-state index in [1.165, 1.54) is 0 Å². The molecule has 128 valence electrons. The monoisotopic (exact) mass is 337 g/mol. The summed E-state index contributed by atoms with van der Waals surface area (Å²) >= 11 is 0. The lowest BCUT2D eigenvalue weighted by Gasteiger charge is -2.14. The zero-order valence-electron chi connectivity index (χ0n) is 14.4. The second-order valence-corrected chi connectivity index (χ2v) is 5.21. The van der Waals surface area contributed by atoms with Crippen LogP contribution >= 0.6 is 0 Å². The van der Waals surface area contributed by atoms with E-state index in [1.807, 2.05) is 44.2 Å². The molecule has 6 nitrogen and oxygen atoms in total. The third-order valence-corrected chi connectivity index (χ3v) is 3.38. The highest BCUT2D eigenvalue weighted by Crippen LogP contribution is 2.38. The number of aryl methyl sites for hydroxylation is 1. The van der Waals surface area contributed by atoms with Gasteiger partial charge in [-0.15, -0.1) is 0 Å². The number of ether oxygens (including phenoxy) is 3. The minimum Gasteiger partial charge on any atom is -0.490 e. The standard InChI is InChI=1S/C19H19N3O3/c1-4-24-15-10-11-20-17(18(15)25-14-8-6-5-7-9-14)19-21-13(2)12-16(22-19)23-3/h5-12H,4H2,1-3H3. The van der Waals surface area contributed by atoms with Gasteiger partial charge in [-0.25, -0.2) is 9.97 Å². The summed E-state index contributed by atoms with van der Waals surface area (Å²) < 4.78 is 17.0. The maximum Gasteiger partial charge on any atom is 0.216 e. The maximum atomic E-state index is 6.05. The van der Waals surface area contributed by atoms with Gasteiger partial charge in [-0.05, 0) is 26.0 Å². The molecule has 0 fully saturated rings. The number of benzene rings is 1. The highest BCUT2D eigenvalue weighted by molar-refractivity contribution is 5.65. The first-order valence-corrected chi connectivity index (χ1v) is 7.96. The minimum atomic E-state index is 0.421. The minimum absolute atomic E-state index is 0.421. The molecule has 2 heterocycles. The molecule has 0 spiro atoms. The molecule has 0 atom stereocenters. The lowest BCUT2D eigenvalue weighted by atomic mass is 10.2. The van der Waals surface area contributed by atoms with Crippen LogP contribution in [0.15, 0.2) is 48.7 Å². The van der Waals surface area contributed by atoms with Gasteiger partial charge in [0.05, 0.1) is 13.7 Å². The van der Waals surface area contributed by atoms with E-state index in [4.69, 9.17) is 14.2 Å². The number of methoxy groups -OCH3 is 1. The molecule has 1 aromatic carbocycles. The normalized spacial score (nSPS) is 10.4. The lowest BCUT2D eigenvalue weighted by molar-refractivity contribution is 0.321. The van der Waals surface area contributed by atoms with Gasteiger partial charge in [-0.3, -0.25) is 0 Å². The van der Waals surface area contributed by atoms with E-state index in [0.717, 1.165) is 5.69 Å². The van der Waals surface area contributed by atoms with Crippen molar-refractivity contribution in [3.63, 3.8) is 0 Å². The highest BCUT2D eigenvalue weighted by atomic mass is 16.5. The van der Waals surface area contributed by atoms with Crippen LogP contribution in [0.25, 0.3) is 11.5 Å². The molecule has 0 unspecified atom stereocenters. The van der Waals surface area contributed by atoms with E-state index in [9.17, 15) is 0 Å². The Balaban J connectivity index is 2.12. The fraction of sp³-hybridized carbons (Fsp3) is 0.211. The molecule has 0 N–H and O–H groups in total. The Morgan fingerprint density at radius 1 is 1.04 bits per heavy atom. The van der Waals surface area contributed by atoms with Crippen molar-refractivity contribution in [2.45, 2.75) is 13.8 Å². The predicted molar refractivity (Wildman–Crippen MR) is 94.2 cm³/mol. The van der Waals surface area contributed by atoms with Gasteiger partial charge in [0.25, 0.3) is 0 Å². The van der Waals surface area contributed by atoms with Crippen molar-refractivity contribution >= 4 is 0 Å². The van der Waals surface area contributed by atoms with Gasteiger partial charge in [0.2, 0.25) is 5.88 Å². The van der Waals surface area contributed by atoms with E-state index in [2.05, 4.69) is 15.0 Å². The molecule has 3 aromatic rings. The van der Waals surface area contributed by atoms with Gasteiger partial charge in [0, 0.05) is 24.0 Å². The van der Waals surface area contributed by atoms with Crippen molar-refractivity contribution in [3.8, 4) is 34.6 Å². The Kier molecular flexibility index (Phi) is 5.09. The Morgan fingerprint density at radius 2 is 1.84 bits per heavy atom. The van der Waals surface area contributed by atoms with Crippen molar-refractivity contribution in [1.29, 1.82) is 0 Å². The van der Waals surface area contributed by atoms with Crippen molar-refractivity contribution in [3.05, 3.63) is 54.4 Å². The van der Waals surface area contributed by atoms with Crippen molar-refractivity contribution < 1.29 is 14.2 Å². The van der Waals surface area contributed by atoms with E-state index in [-0.39, 0.29) is 0 Å². The van der Waals surface area contributed by atoms with Gasteiger partial charge in [0.15, 0.2) is 23.0 Å². The summed E-state index contributed by atoms with van der Waals surface area (Å²) in [7, 11) is 1.57. The van der Waals surface area contributed by atoms with Crippen LogP contribution in [0.2, 0.25) is 0 Å². The molecule has 0 radical (unpaired) electrons. The summed E-state index contributed by atoms with van der Waals surface area (Å²) in [6, 6.07) is 13.0. The molecule has 0 aliphatic heterocycles. The number of pyridine rings is 1. The molecule has 0 saturated carbocycles. The fourth-order valence-corrected chi connectivity index (χ4v) is 2.31. The third kappa shape index (κ3) is 3.85. The summed E-state index contributed by atoms with van der Waals surface area (Å²) in [5.41, 5.74) is 1.27. The first-order valence-electron chi connectivity index (χ1n) is 7.96. The number of aromatic nitrogens is 3. The first kappa shape index (κ1) is 16.7. The quantitative estimate of drug-likeness (QED) is 0.676. The van der Waals surface area contributed by atoms with E-state index in [1.54, 1.807) is 25.4 Å². The highest BCUT2D eigenvalue weighted by Gasteiger charge is 2.19. The summed E-state index contributed by atoms with van der Waals surface area (Å²) in [5, 5.41) is 0. The molecule has 0 aliphatic rings. The van der Waals surface area contributed by atoms with E-state index in [0.29, 0.717) is 41.3 Å². The molecular weight excluding hydrogens is 318 g/mol. The Hall–Kier alpha value is -3.15. The van der Waals surface area contributed by atoms with Gasteiger partial charge in [-0.2, -0.15) is 4.98 Å². The number of rotatable bonds is 6. The molecule has 0 amide bonds. The van der Waals surface area contributed by atoms with Gasteiger partial charge in [0.1, 0.15) is 5.75 Å². The summed E-state index contributed by atoms with van der Waals surface area (Å²) in [6.07, 6.45) is 1.65. The topological polar surface area (TPSA) is 66.4 Å². The number of nitrogens with zero attached hydrogens (tertiary/aromatic N) is 3. The van der Waals surface area contributed by atoms with Crippen molar-refractivity contribution in [1.82, 2.24) is 15.0 Å². The maximum absolute atomic E-state index is 6.05. The zero-order chi connectivity index (χ0) is 17.6. The lowest BCUT2D eigenvalue weighted by Crippen LogP contribution is -2.02. The molecule has 0 aliphatic carbocycles. The molecular formula is C19H19N3O3. The summed E-state index contributed by atoms with van der Waals surface area (Å²) in [6.45, 7) is 4.29. The zero-order valence-corrected chi connectivity index (χ0v) is 14.4. The first-order chi connectivity index (χ1) is 12.2. The van der Waals surface area contributed by atoms with Gasteiger partial charge < -0.3 is 14.2 Å². The van der Waals surface area contributed by atoms with Crippen LogP contribution in [0, 0.1) is 6.92 Å². The second kappa shape index (κ2) is 7.61. The van der Waals surface area contributed by atoms with Gasteiger partial charge >= 0.3 is 0 Å². The number of hydrogen-bond acceptors (Lipinski definition) is 6. The molecule has 25 heavy (non-hydrogen) atoms. The Bertz CT molecular complexity index is 854. The van der Waals surface area contributed by atoms with Crippen molar-refractivity contribution in [2.24, 2.45) is 0 Å². The number of hydrogen-bond donors (Lipinski definition) is 0. The fourth-order valence-electron chi connectivity index (χ4n) is 2.31. The molecule has 2 aromatic heterocycles. The van der Waals surface area contributed by atoms with E-state index < -0.39 is 0 Å². The average Bonchev–Trinajstić information content (AvgIpc) is 2.63. The molecule has 0 bridgehead atoms. The summed E-state index contributed by atoms with van der Waals surface area (Å²) in [4.78, 5) is 13.3. The molecule has 6 heteroatoms. The largest absolute Gasteiger partial charge is 0.490 e. The summed E-state index contributed by atoms with van der Waals surface area (Å²) in [5.74, 6) is 2.63. The Morgan fingerprint density at radius 3 is 2.56 bits per heavy atom. The number of para-hydroxylation sites is 1. The molecule has 3 rings (SSSR count). The SMILES string of the molecule is CCOc1ccnc(-c2nc(C)cc(OC)n2)c1Oc1ccccc1. The molecule has 0 saturated heterocycles. The average molecular weight is 337 g/mol. The predicted octanol–water partition coefficient (Wildman–Crippen LogP) is 4.05. The van der Waals surface area contributed by atoms with Gasteiger partial charge in [-0.1, -0.05) is 18.2 Å². The van der Waals surface area contributed by atoms with Crippen LogP contribution in [0.3, 0.4) is 0 Å². The van der Waals surface area contributed by atoms with Crippen LogP contribution < -0.4 is 14.2 Å². The van der Waals surface area contributed by atoms with E-state index >= 15 is 0 Å².